The monoisotopic (exact) mass is 327 g/mol. The van der Waals surface area contributed by atoms with Crippen molar-refractivity contribution in [2.45, 2.75) is 13.1 Å². The third-order valence-electron chi connectivity index (χ3n) is 4.50. The Morgan fingerprint density at radius 1 is 0.920 bits per heavy atom. The van der Waals surface area contributed by atoms with Crippen LogP contribution in [0.25, 0.3) is 21.5 Å². The highest BCUT2D eigenvalue weighted by Crippen LogP contribution is 2.28. The molecule has 3 aromatic carbocycles. The van der Waals surface area contributed by atoms with Crippen molar-refractivity contribution in [1.29, 1.82) is 0 Å². The van der Waals surface area contributed by atoms with E-state index in [2.05, 4.69) is 24.3 Å². The fraction of sp³-hybridized carbons (Fsp3) is 0.0952. The summed E-state index contributed by atoms with van der Waals surface area (Å²) in [6.45, 7) is 0.281. The molecule has 122 valence electrons. The average Bonchev–Trinajstić information content (AvgIpc) is 3.02. The van der Waals surface area contributed by atoms with Gasteiger partial charge in [-0.3, -0.25) is 0 Å². The van der Waals surface area contributed by atoms with Gasteiger partial charge in [-0.05, 0) is 34.9 Å². The van der Waals surface area contributed by atoms with Crippen LogP contribution in [0.1, 0.15) is 16.1 Å². The van der Waals surface area contributed by atoms with Crippen LogP contribution < -0.4 is 0 Å². The van der Waals surface area contributed by atoms with Crippen LogP contribution in [0, 0.1) is 0 Å². The minimum absolute atomic E-state index is 0.281. The SMILES string of the molecule is BCn1cc2cc3ccccc3cc2c1C(=O)OCc1ccccc1. The number of hydrogen-bond acceptors (Lipinski definition) is 2. The second-order valence-electron chi connectivity index (χ2n) is 6.11. The molecule has 4 aromatic rings. The zero-order valence-electron chi connectivity index (χ0n) is 14.1. The van der Waals surface area contributed by atoms with Crippen molar-refractivity contribution >= 4 is 35.4 Å². The highest BCUT2D eigenvalue weighted by atomic mass is 16.5. The predicted molar refractivity (Wildman–Crippen MR) is 104 cm³/mol. The lowest BCUT2D eigenvalue weighted by molar-refractivity contribution is 0.0463. The number of rotatable bonds is 4. The smallest absolute Gasteiger partial charge is 0.355 e. The van der Waals surface area contributed by atoms with Crippen molar-refractivity contribution in [3.8, 4) is 0 Å². The van der Waals surface area contributed by atoms with Gasteiger partial charge in [-0.2, -0.15) is 0 Å². The first kappa shape index (κ1) is 15.5. The largest absolute Gasteiger partial charge is 0.456 e. The van der Waals surface area contributed by atoms with Gasteiger partial charge in [-0.25, -0.2) is 4.79 Å². The predicted octanol–water partition coefficient (Wildman–Crippen LogP) is 3.74. The van der Waals surface area contributed by atoms with Crippen LogP contribution in [0.5, 0.6) is 0 Å². The number of carbonyl (C=O) groups is 1. The molecule has 0 N–H and O–H groups in total. The summed E-state index contributed by atoms with van der Waals surface area (Å²) >= 11 is 0. The molecule has 4 rings (SSSR count). The third-order valence-corrected chi connectivity index (χ3v) is 4.50. The van der Waals surface area contributed by atoms with E-state index in [4.69, 9.17) is 4.74 Å². The van der Waals surface area contributed by atoms with E-state index in [1.807, 2.05) is 61.1 Å². The van der Waals surface area contributed by atoms with Gasteiger partial charge in [0.05, 0.1) is 0 Å². The van der Waals surface area contributed by atoms with Crippen LogP contribution in [-0.2, 0) is 17.8 Å². The molecule has 3 nitrogen and oxygen atoms in total. The van der Waals surface area contributed by atoms with Gasteiger partial charge < -0.3 is 9.30 Å². The number of hydrogen-bond donors (Lipinski definition) is 0. The molecule has 0 atom stereocenters. The topological polar surface area (TPSA) is 31.2 Å². The maximum absolute atomic E-state index is 12.8. The van der Waals surface area contributed by atoms with E-state index in [0.717, 1.165) is 28.2 Å². The number of nitrogens with zero attached hydrogens (tertiary/aromatic N) is 1. The number of benzene rings is 3. The Bertz CT molecular complexity index is 1050. The quantitative estimate of drug-likeness (QED) is 0.422. The number of esters is 1. The number of carbonyl (C=O) groups excluding carboxylic acids is 1. The first-order chi connectivity index (χ1) is 12.3. The van der Waals surface area contributed by atoms with Gasteiger partial charge in [0.2, 0.25) is 0 Å². The minimum atomic E-state index is -0.281. The second kappa shape index (κ2) is 6.48. The number of fused-ring (bicyclic) bond motifs is 2. The average molecular weight is 327 g/mol. The summed E-state index contributed by atoms with van der Waals surface area (Å²) in [6, 6.07) is 22.2. The van der Waals surface area contributed by atoms with Gasteiger partial charge in [0.1, 0.15) is 20.1 Å². The van der Waals surface area contributed by atoms with Crippen molar-refractivity contribution in [2.24, 2.45) is 0 Å². The van der Waals surface area contributed by atoms with E-state index in [1.54, 1.807) is 0 Å². The normalized spacial score (nSPS) is 11.0. The molecule has 0 radical (unpaired) electrons. The summed E-state index contributed by atoms with van der Waals surface area (Å²) < 4.78 is 7.54. The van der Waals surface area contributed by atoms with Crippen LogP contribution in [0.2, 0.25) is 0 Å². The second-order valence-corrected chi connectivity index (χ2v) is 6.11. The van der Waals surface area contributed by atoms with Crippen molar-refractivity contribution in [1.82, 2.24) is 4.57 Å². The molecule has 4 heteroatoms. The van der Waals surface area contributed by atoms with Crippen LogP contribution in [-0.4, -0.2) is 18.4 Å². The highest BCUT2D eigenvalue weighted by molar-refractivity contribution is 6.11. The Morgan fingerprint density at radius 3 is 2.32 bits per heavy atom. The van der Waals surface area contributed by atoms with Gasteiger partial charge in [0, 0.05) is 17.0 Å². The van der Waals surface area contributed by atoms with Crippen molar-refractivity contribution in [2.75, 3.05) is 0 Å². The maximum atomic E-state index is 12.8. The summed E-state index contributed by atoms with van der Waals surface area (Å²) in [5.41, 5.74) is 1.61. The molecule has 0 saturated heterocycles. The molecule has 0 aliphatic carbocycles. The molecule has 0 amide bonds. The molecule has 1 aromatic heterocycles. The standard InChI is InChI=1S/C21H18BNO2/c22-14-23-12-18-10-16-8-4-5-9-17(16)11-19(18)20(23)21(24)25-13-15-6-2-1-3-7-15/h1-12H,13-14,22H2. The molecule has 0 aliphatic heterocycles. The highest BCUT2D eigenvalue weighted by Gasteiger charge is 2.18. The summed E-state index contributed by atoms with van der Waals surface area (Å²) in [5, 5.41) is 4.30. The van der Waals surface area contributed by atoms with Crippen molar-refractivity contribution in [3.05, 3.63) is 84.2 Å². The molecule has 0 spiro atoms. The molecular formula is C21H18BNO2. The molecule has 1 heterocycles. The Balaban J connectivity index is 1.74. The molecule has 0 saturated carbocycles. The van der Waals surface area contributed by atoms with Crippen LogP contribution in [0.4, 0.5) is 0 Å². The Hall–Kier alpha value is -3.01. The lowest BCUT2D eigenvalue weighted by Crippen LogP contribution is -2.12. The van der Waals surface area contributed by atoms with Crippen LogP contribution >= 0.6 is 0 Å². The summed E-state index contributed by atoms with van der Waals surface area (Å²) in [6.07, 6.45) is 2.75. The minimum Gasteiger partial charge on any atom is -0.456 e. The lowest BCUT2D eigenvalue weighted by Gasteiger charge is -2.08. The summed E-state index contributed by atoms with van der Waals surface area (Å²) in [5.74, 6) is -0.281. The fourth-order valence-electron chi connectivity index (χ4n) is 3.23. The molecule has 0 fully saturated rings. The molecule has 0 bridgehead atoms. The molecule has 0 unspecified atom stereocenters. The third kappa shape index (κ3) is 2.91. The zero-order valence-corrected chi connectivity index (χ0v) is 14.1. The van der Waals surface area contributed by atoms with E-state index in [0.29, 0.717) is 5.69 Å². The molecular weight excluding hydrogens is 309 g/mol. The number of ether oxygens (including phenoxy) is 1. The fourth-order valence-corrected chi connectivity index (χ4v) is 3.23. The van der Waals surface area contributed by atoms with Gasteiger partial charge in [-0.1, -0.05) is 54.6 Å². The zero-order chi connectivity index (χ0) is 17.2. The van der Waals surface area contributed by atoms with E-state index in [1.165, 1.54) is 5.39 Å². The van der Waals surface area contributed by atoms with Crippen molar-refractivity contribution in [3.63, 3.8) is 0 Å². The van der Waals surface area contributed by atoms with E-state index < -0.39 is 0 Å². The van der Waals surface area contributed by atoms with Crippen LogP contribution in [0.3, 0.4) is 0 Å². The van der Waals surface area contributed by atoms with Gasteiger partial charge >= 0.3 is 5.97 Å². The molecule has 25 heavy (non-hydrogen) atoms. The van der Waals surface area contributed by atoms with E-state index in [9.17, 15) is 4.79 Å². The first-order valence-electron chi connectivity index (χ1n) is 8.49. The van der Waals surface area contributed by atoms with Gasteiger partial charge in [0.15, 0.2) is 0 Å². The summed E-state index contributed by atoms with van der Waals surface area (Å²) in [7, 11) is 2.03. The molecule has 0 aliphatic rings. The Kier molecular flexibility index (Phi) is 4.02. The number of aromatic nitrogens is 1. The van der Waals surface area contributed by atoms with Crippen LogP contribution in [0.15, 0.2) is 72.9 Å². The lowest BCUT2D eigenvalue weighted by atomic mass is 10.1. The maximum Gasteiger partial charge on any atom is 0.355 e. The van der Waals surface area contributed by atoms with E-state index in [-0.39, 0.29) is 12.6 Å². The van der Waals surface area contributed by atoms with Crippen molar-refractivity contribution < 1.29 is 9.53 Å². The van der Waals surface area contributed by atoms with Gasteiger partial charge in [-0.15, -0.1) is 0 Å². The Morgan fingerprint density at radius 2 is 1.60 bits per heavy atom. The Labute approximate surface area is 147 Å². The van der Waals surface area contributed by atoms with E-state index >= 15 is 0 Å². The summed E-state index contributed by atoms with van der Waals surface area (Å²) in [4.78, 5) is 12.8. The van der Waals surface area contributed by atoms with Gasteiger partial charge in [0.25, 0.3) is 0 Å². The first-order valence-corrected chi connectivity index (χ1v) is 8.49.